The van der Waals surface area contributed by atoms with Gasteiger partial charge in [0.15, 0.2) is 5.78 Å². The Labute approximate surface area is 120 Å². The van der Waals surface area contributed by atoms with Crippen LogP contribution in [0.2, 0.25) is 0 Å². The Kier molecular flexibility index (Phi) is 3.87. The van der Waals surface area contributed by atoms with E-state index < -0.39 is 0 Å². The second-order valence-corrected chi connectivity index (χ2v) is 6.60. The Balaban J connectivity index is 2.48. The van der Waals surface area contributed by atoms with Crippen molar-refractivity contribution in [3.8, 4) is 0 Å². The normalized spacial score (nSPS) is 26.6. The van der Waals surface area contributed by atoms with Gasteiger partial charge in [-0.25, -0.2) is 0 Å². The van der Waals surface area contributed by atoms with Crippen LogP contribution in [0.5, 0.6) is 0 Å². The van der Waals surface area contributed by atoms with E-state index in [0.29, 0.717) is 18.7 Å². The van der Waals surface area contributed by atoms with E-state index in [-0.39, 0.29) is 29.1 Å². The Morgan fingerprint density at radius 2 is 1.95 bits per heavy atom. The highest BCUT2D eigenvalue weighted by Crippen LogP contribution is 2.40. The first kappa shape index (κ1) is 15.0. The number of morpholine rings is 1. The molecule has 4 heteroatoms. The van der Waals surface area contributed by atoms with Crippen LogP contribution in [0.15, 0.2) is 23.4 Å². The van der Waals surface area contributed by atoms with E-state index in [2.05, 4.69) is 20.8 Å². The number of Topliss-reactive ketones (excluding diaryl/α,β-unsaturated/α-hetero) is 1. The summed E-state index contributed by atoms with van der Waals surface area (Å²) in [5.41, 5.74) is 1.47. The molecule has 1 amide bonds. The van der Waals surface area contributed by atoms with E-state index in [9.17, 15) is 9.59 Å². The highest BCUT2D eigenvalue weighted by atomic mass is 16.5. The molecule has 1 heterocycles. The number of hydrogen-bond donors (Lipinski definition) is 0. The fourth-order valence-electron chi connectivity index (χ4n) is 2.84. The molecule has 2 rings (SSSR count). The summed E-state index contributed by atoms with van der Waals surface area (Å²) in [6, 6.07) is 0. The van der Waals surface area contributed by atoms with Gasteiger partial charge in [-0.05, 0) is 18.4 Å². The third-order valence-corrected chi connectivity index (χ3v) is 3.99. The smallest absolute Gasteiger partial charge is 0.223 e. The maximum absolute atomic E-state index is 11.8. The third-order valence-electron chi connectivity index (χ3n) is 3.99. The zero-order chi connectivity index (χ0) is 15.1. The van der Waals surface area contributed by atoms with E-state index in [4.69, 9.17) is 4.74 Å². The number of carbonyl (C=O) groups excluding carboxylic acids is 2. The summed E-state index contributed by atoms with van der Waals surface area (Å²) in [6.07, 6.45) is 3.67. The quantitative estimate of drug-likeness (QED) is 0.739. The van der Waals surface area contributed by atoms with Crippen molar-refractivity contribution < 1.29 is 14.3 Å². The van der Waals surface area contributed by atoms with Crippen molar-refractivity contribution in [2.24, 2.45) is 11.3 Å². The molecule has 0 N–H and O–H groups in total. The van der Waals surface area contributed by atoms with Gasteiger partial charge >= 0.3 is 0 Å². The first-order valence-corrected chi connectivity index (χ1v) is 7.06. The van der Waals surface area contributed by atoms with Gasteiger partial charge in [-0.1, -0.05) is 26.8 Å². The fraction of sp³-hybridized carbons (Fsp3) is 0.625. The molecule has 2 aliphatic rings. The van der Waals surface area contributed by atoms with Crippen LogP contribution in [-0.2, 0) is 14.3 Å². The molecule has 110 valence electrons. The van der Waals surface area contributed by atoms with E-state index in [1.807, 2.05) is 12.2 Å². The molecular weight excluding hydrogens is 254 g/mol. The zero-order valence-electron chi connectivity index (χ0n) is 12.9. The number of fused-ring (bicyclic) bond motifs is 1. The summed E-state index contributed by atoms with van der Waals surface area (Å²) in [6.45, 7) is 10.6. The van der Waals surface area contributed by atoms with Gasteiger partial charge in [0.1, 0.15) is 6.10 Å². The zero-order valence-corrected chi connectivity index (χ0v) is 12.9. The Bertz CT molecular complexity index is 496. The van der Waals surface area contributed by atoms with Crippen molar-refractivity contribution in [3.05, 3.63) is 23.4 Å². The number of rotatable bonds is 1. The Morgan fingerprint density at radius 3 is 2.45 bits per heavy atom. The lowest BCUT2D eigenvalue weighted by Crippen LogP contribution is -2.49. The van der Waals surface area contributed by atoms with Crippen molar-refractivity contribution in [3.63, 3.8) is 0 Å². The van der Waals surface area contributed by atoms with Crippen LogP contribution in [0.25, 0.3) is 0 Å². The van der Waals surface area contributed by atoms with Crippen LogP contribution in [-0.4, -0.2) is 35.8 Å². The Hall–Kier alpha value is -1.42. The molecule has 0 bridgehead atoms. The van der Waals surface area contributed by atoms with Crippen molar-refractivity contribution >= 4 is 11.7 Å². The van der Waals surface area contributed by atoms with Gasteiger partial charge < -0.3 is 9.64 Å². The van der Waals surface area contributed by atoms with Gasteiger partial charge in [0, 0.05) is 25.0 Å². The first-order chi connectivity index (χ1) is 9.21. The van der Waals surface area contributed by atoms with E-state index in [1.165, 1.54) is 0 Å². The second kappa shape index (κ2) is 5.17. The molecular formula is C16H23NO3. The topological polar surface area (TPSA) is 46.6 Å². The minimum Gasteiger partial charge on any atom is -0.370 e. The van der Waals surface area contributed by atoms with Gasteiger partial charge in [-0.3, -0.25) is 9.59 Å². The van der Waals surface area contributed by atoms with Crippen molar-refractivity contribution in [2.45, 2.75) is 40.7 Å². The molecule has 0 radical (unpaired) electrons. The molecule has 1 aliphatic carbocycles. The average molecular weight is 277 g/mol. The number of ether oxygens (including phenoxy) is 1. The molecule has 0 aromatic carbocycles. The molecule has 20 heavy (non-hydrogen) atoms. The Morgan fingerprint density at radius 1 is 1.30 bits per heavy atom. The SMILES string of the molecule is CC(=O)C1=CC(C(C)(C)C)C2OCCN(C(C)=O)C2=C1. The molecule has 2 unspecified atom stereocenters. The number of allylic oxidation sites excluding steroid dienone is 2. The van der Waals surface area contributed by atoms with Crippen LogP contribution < -0.4 is 0 Å². The number of carbonyl (C=O) groups is 2. The van der Waals surface area contributed by atoms with Crippen molar-refractivity contribution in [2.75, 3.05) is 13.2 Å². The van der Waals surface area contributed by atoms with Crippen molar-refractivity contribution in [1.29, 1.82) is 0 Å². The molecule has 0 aromatic rings. The molecule has 1 fully saturated rings. The van der Waals surface area contributed by atoms with Gasteiger partial charge in [0.25, 0.3) is 0 Å². The highest BCUT2D eigenvalue weighted by Gasteiger charge is 2.41. The molecule has 0 spiro atoms. The monoisotopic (exact) mass is 277 g/mol. The summed E-state index contributed by atoms with van der Waals surface area (Å²) < 4.78 is 5.91. The van der Waals surface area contributed by atoms with Crippen LogP contribution in [0.1, 0.15) is 34.6 Å². The molecule has 4 nitrogen and oxygen atoms in total. The number of ketones is 1. The van der Waals surface area contributed by atoms with Gasteiger partial charge in [-0.15, -0.1) is 0 Å². The third kappa shape index (κ3) is 2.70. The maximum atomic E-state index is 11.8. The summed E-state index contributed by atoms with van der Waals surface area (Å²) in [4.78, 5) is 25.3. The number of nitrogens with zero attached hydrogens (tertiary/aromatic N) is 1. The molecule has 2 atom stereocenters. The molecule has 1 aliphatic heterocycles. The maximum Gasteiger partial charge on any atom is 0.223 e. The van der Waals surface area contributed by atoms with Crippen LogP contribution >= 0.6 is 0 Å². The largest absolute Gasteiger partial charge is 0.370 e. The van der Waals surface area contributed by atoms with E-state index in [1.54, 1.807) is 18.7 Å². The number of hydrogen-bond acceptors (Lipinski definition) is 3. The highest BCUT2D eigenvalue weighted by molar-refractivity contribution is 5.96. The van der Waals surface area contributed by atoms with E-state index >= 15 is 0 Å². The van der Waals surface area contributed by atoms with Gasteiger partial charge in [0.05, 0.1) is 12.3 Å². The van der Waals surface area contributed by atoms with Gasteiger partial charge in [-0.2, -0.15) is 0 Å². The minimum atomic E-state index is -0.143. The minimum absolute atomic E-state index is 0.00186. The van der Waals surface area contributed by atoms with Crippen LogP contribution in [0.4, 0.5) is 0 Å². The fourth-order valence-corrected chi connectivity index (χ4v) is 2.84. The molecule has 1 saturated heterocycles. The summed E-state index contributed by atoms with van der Waals surface area (Å²) >= 11 is 0. The standard InChI is InChI=1S/C16H23NO3/c1-10(18)12-8-13(16(3,4)5)15-14(9-12)17(11(2)19)6-7-20-15/h8-9,13,15H,6-7H2,1-5H3. The first-order valence-electron chi connectivity index (χ1n) is 7.06. The predicted molar refractivity (Wildman–Crippen MR) is 76.9 cm³/mol. The predicted octanol–water partition coefficient (Wildman–Crippen LogP) is 2.31. The average Bonchev–Trinajstić information content (AvgIpc) is 2.35. The molecule has 0 saturated carbocycles. The summed E-state index contributed by atoms with van der Waals surface area (Å²) in [5.74, 6) is 0.116. The lowest BCUT2D eigenvalue weighted by Gasteiger charge is -2.44. The summed E-state index contributed by atoms with van der Waals surface area (Å²) in [7, 11) is 0. The summed E-state index contributed by atoms with van der Waals surface area (Å²) in [5, 5.41) is 0. The second-order valence-electron chi connectivity index (χ2n) is 6.60. The molecule has 0 aromatic heterocycles. The number of amides is 1. The lowest BCUT2D eigenvalue weighted by molar-refractivity contribution is -0.133. The van der Waals surface area contributed by atoms with Crippen molar-refractivity contribution in [1.82, 2.24) is 4.90 Å². The van der Waals surface area contributed by atoms with Crippen LogP contribution in [0, 0.1) is 11.3 Å². The lowest BCUT2D eigenvalue weighted by atomic mass is 9.72. The van der Waals surface area contributed by atoms with Gasteiger partial charge in [0.2, 0.25) is 5.91 Å². The van der Waals surface area contributed by atoms with Crippen LogP contribution in [0.3, 0.4) is 0 Å². The van der Waals surface area contributed by atoms with E-state index in [0.717, 1.165) is 5.70 Å².